The molecular weight excluding hydrogens is 335 g/mol. The van der Waals surface area contributed by atoms with Gasteiger partial charge in [0.1, 0.15) is 6.10 Å². The third-order valence-electron chi connectivity index (χ3n) is 4.36. The Morgan fingerprint density at radius 2 is 1.17 bits per heavy atom. The van der Waals surface area contributed by atoms with Crippen molar-refractivity contribution >= 4 is 5.97 Å². The summed E-state index contributed by atoms with van der Waals surface area (Å²) in [6.07, 6.45) is 14.0. The second kappa shape index (κ2) is 17.4. The fraction of sp³-hybridized carbons (Fsp3) is 0.944. The summed E-state index contributed by atoms with van der Waals surface area (Å²) < 4.78 is 0. The second-order valence-corrected chi connectivity index (χ2v) is 6.58. The number of hydrogen-bond donors (Lipinski definition) is 4. The van der Waals surface area contributed by atoms with Crippen LogP contribution in [0, 0.1) is 0 Å². The molecule has 24 heavy (non-hydrogen) atoms. The van der Waals surface area contributed by atoms with Crippen molar-refractivity contribution in [2.45, 2.75) is 109 Å². The summed E-state index contributed by atoms with van der Waals surface area (Å²) in [7, 11) is 0. The van der Waals surface area contributed by atoms with Gasteiger partial charge in [-0.2, -0.15) is 0 Å². The molecule has 0 bridgehead atoms. The quantitative estimate of drug-likeness (QED) is 0.182. The van der Waals surface area contributed by atoms with Crippen molar-refractivity contribution in [3.05, 3.63) is 0 Å². The molecular formula is C18H37KO5. The maximum Gasteiger partial charge on any atom is 1.00 e. The van der Waals surface area contributed by atoms with E-state index in [0.717, 1.165) is 19.3 Å². The van der Waals surface area contributed by atoms with Crippen molar-refractivity contribution in [1.29, 1.82) is 0 Å². The zero-order valence-electron chi connectivity index (χ0n) is 16.7. The van der Waals surface area contributed by atoms with E-state index in [9.17, 15) is 9.90 Å². The molecule has 0 aliphatic carbocycles. The first-order valence-corrected chi connectivity index (χ1v) is 9.29. The molecule has 0 saturated carbocycles. The molecule has 6 heteroatoms. The summed E-state index contributed by atoms with van der Waals surface area (Å²) >= 11 is 0. The molecule has 4 N–H and O–H groups in total. The number of unbranched alkanes of at least 4 members (excludes halogenated alkanes) is 12. The van der Waals surface area contributed by atoms with Gasteiger partial charge in [-0.15, -0.1) is 0 Å². The third kappa shape index (κ3) is 14.2. The smallest absolute Gasteiger partial charge is 1.00 e. The molecule has 0 aliphatic rings. The molecule has 0 heterocycles. The van der Waals surface area contributed by atoms with E-state index in [2.05, 4.69) is 6.92 Å². The number of aliphatic hydroxyl groups is 3. The van der Waals surface area contributed by atoms with Crippen LogP contribution in [0.15, 0.2) is 0 Å². The van der Waals surface area contributed by atoms with Gasteiger partial charge >= 0.3 is 57.4 Å². The molecule has 140 valence electrons. The van der Waals surface area contributed by atoms with Crippen molar-refractivity contribution < 1.29 is 78.0 Å². The molecule has 0 aromatic rings. The fourth-order valence-electron chi connectivity index (χ4n) is 2.70. The van der Waals surface area contributed by atoms with Gasteiger partial charge < -0.3 is 21.9 Å². The summed E-state index contributed by atoms with van der Waals surface area (Å²) in [5.74, 6) is -4.84. The van der Waals surface area contributed by atoms with E-state index >= 15 is 0 Å². The number of carboxylic acids is 1. The van der Waals surface area contributed by atoms with Crippen LogP contribution in [0.5, 0.6) is 0 Å². The summed E-state index contributed by atoms with van der Waals surface area (Å²) in [4.78, 5) is 10.5. The van der Waals surface area contributed by atoms with E-state index in [1.807, 2.05) is 0 Å². The van der Waals surface area contributed by atoms with Crippen molar-refractivity contribution in [1.82, 2.24) is 0 Å². The van der Waals surface area contributed by atoms with Crippen LogP contribution in [-0.2, 0) is 4.79 Å². The van der Waals surface area contributed by atoms with Gasteiger partial charge in [-0.25, -0.2) is 4.79 Å². The topological polar surface area (TPSA) is 98.0 Å². The van der Waals surface area contributed by atoms with E-state index in [0.29, 0.717) is 6.42 Å². The van der Waals surface area contributed by atoms with Crippen LogP contribution in [0.25, 0.3) is 0 Å². The van der Waals surface area contributed by atoms with Crippen LogP contribution in [0.3, 0.4) is 0 Å². The van der Waals surface area contributed by atoms with E-state index in [1.54, 1.807) is 0 Å². The first-order valence-electron chi connectivity index (χ1n) is 9.29. The molecule has 0 fully saturated rings. The fourth-order valence-corrected chi connectivity index (χ4v) is 2.70. The predicted octanol–water partition coefficient (Wildman–Crippen LogP) is 0.711. The zero-order valence-corrected chi connectivity index (χ0v) is 18.8. The van der Waals surface area contributed by atoms with E-state index in [4.69, 9.17) is 15.3 Å². The molecule has 0 aliphatic heterocycles. The van der Waals surface area contributed by atoms with Gasteiger partial charge in [0.2, 0.25) is 0 Å². The van der Waals surface area contributed by atoms with E-state index in [1.165, 1.54) is 57.8 Å². The van der Waals surface area contributed by atoms with Gasteiger partial charge in [0, 0.05) is 0 Å². The first-order chi connectivity index (χ1) is 10.9. The number of rotatable bonds is 16. The Morgan fingerprint density at radius 1 is 0.833 bits per heavy atom. The van der Waals surface area contributed by atoms with Gasteiger partial charge in [0.05, 0.1) is 0 Å². The Hall–Kier alpha value is 0.986. The average molecular weight is 373 g/mol. The van der Waals surface area contributed by atoms with Crippen LogP contribution in [0.2, 0.25) is 0 Å². The monoisotopic (exact) mass is 372 g/mol. The second-order valence-electron chi connectivity index (χ2n) is 6.58. The van der Waals surface area contributed by atoms with Gasteiger partial charge in [0.25, 0.3) is 5.79 Å². The molecule has 1 atom stereocenters. The first kappa shape index (κ1) is 27.2. The molecule has 0 aromatic heterocycles. The summed E-state index contributed by atoms with van der Waals surface area (Å²) in [5.41, 5.74) is 0. The number of hydrogen-bond acceptors (Lipinski definition) is 4. The Morgan fingerprint density at radius 3 is 1.50 bits per heavy atom. The SMILES string of the molecule is CCCCCCCCCCCCCCCC(O)C(O)(O)C(=O)O.[H-].[K+]. The predicted molar refractivity (Wildman–Crippen MR) is 92.2 cm³/mol. The average Bonchev–Trinajstić information content (AvgIpc) is 2.51. The number of aliphatic carboxylic acids is 1. The van der Waals surface area contributed by atoms with Crippen molar-refractivity contribution in [3.8, 4) is 0 Å². The van der Waals surface area contributed by atoms with Gasteiger partial charge in [-0.3, -0.25) is 0 Å². The molecule has 5 nitrogen and oxygen atoms in total. The van der Waals surface area contributed by atoms with Crippen molar-refractivity contribution in [3.63, 3.8) is 0 Å². The van der Waals surface area contributed by atoms with E-state index < -0.39 is 17.9 Å². The zero-order chi connectivity index (χ0) is 17.6. The van der Waals surface area contributed by atoms with Crippen molar-refractivity contribution in [2.24, 2.45) is 0 Å². The van der Waals surface area contributed by atoms with Crippen molar-refractivity contribution in [2.75, 3.05) is 0 Å². The number of aliphatic hydroxyl groups excluding tert-OH is 1. The largest absolute Gasteiger partial charge is 1.00 e. The normalized spacial score (nSPS) is 12.7. The maximum absolute atomic E-state index is 10.5. The molecule has 0 rings (SSSR count). The minimum Gasteiger partial charge on any atom is -1.00 e. The molecule has 0 amide bonds. The molecule has 0 radical (unpaired) electrons. The molecule has 0 spiro atoms. The Balaban J connectivity index is -0.00000242. The Kier molecular flexibility index (Phi) is 19.7. The molecule has 0 aromatic carbocycles. The van der Waals surface area contributed by atoms with Gasteiger partial charge in [-0.05, 0) is 6.42 Å². The Bertz CT molecular complexity index is 303. The minimum absolute atomic E-state index is 0. The van der Waals surface area contributed by atoms with Crippen LogP contribution in [0.4, 0.5) is 0 Å². The number of carbonyl (C=O) groups is 1. The van der Waals surface area contributed by atoms with Gasteiger partial charge in [-0.1, -0.05) is 90.4 Å². The van der Waals surface area contributed by atoms with Crippen LogP contribution in [-0.4, -0.2) is 38.3 Å². The number of carboxylic acid groups (broad SMARTS) is 1. The summed E-state index contributed by atoms with van der Waals surface area (Å²) in [6.45, 7) is 2.23. The summed E-state index contributed by atoms with van der Waals surface area (Å²) in [5, 5.41) is 36.3. The molecule has 0 saturated heterocycles. The minimum atomic E-state index is -3.03. The van der Waals surface area contributed by atoms with Crippen LogP contribution in [0.1, 0.15) is 98.2 Å². The molecule has 1 unspecified atom stereocenters. The third-order valence-corrected chi connectivity index (χ3v) is 4.36. The van der Waals surface area contributed by atoms with Crippen LogP contribution < -0.4 is 51.4 Å². The Labute approximate surface area is 191 Å². The summed E-state index contributed by atoms with van der Waals surface area (Å²) in [6, 6.07) is 0. The standard InChI is InChI=1S/C18H36O5.K.H/c1-2-3-4-5-6-7-8-9-10-11-12-13-14-15-16(19)18(22,23)17(20)21;;/h16,19,22-23H,2-15H2,1H3,(H,20,21);;/q;+1;-1. The van der Waals surface area contributed by atoms with Gasteiger partial charge in [0.15, 0.2) is 0 Å². The van der Waals surface area contributed by atoms with Crippen LogP contribution >= 0.6 is 0 Å². The van der Waals surface area contributed by atoms with E-state index in [-0.39, 0.29) is 59.2 Å². The maximum atomic E-state index is 10.5.